The summed E-state index contributed by atoms with van der Waals surface area (Å²) in [5, 5.41) is 18.2. The Labute approximate surface area is 171 Å². The van der Waals surface area contributed by atoms with E-state index in [1.165, 1.54) is 44.9 Å². The third-order valence-corrected chi connectivity index (χ3v) is 6.43. The molecule has 2 fully saturated rings. The molecule has 0 unspecified atom stereocenters. The number of rotatable bonds is 9. The SMILES string of the molecule is O=C(O)CNCCNc1ccc(Cl)c(C(=O)NCC23CCCC(CCC2)C3)c1. The molecule has 7 heteroatoms. The Bertz CT molecular complexity index is 700. The van der Waals surface area contributed by atoms with Crippen LogP contribution in [0.5, 0.6) is 0 Å². The van der Waals surface area contributed by atoms with Crippen LogP contribution in [0.25, 0.3) is 0 Å². The lowest BCUT2D eigenvalue weighted by Crippen LogP contribution is -2.43. The molecule has 154 valence electrons. The third-order valence-electron chi connectivity index (χ3n) is 6.10. The van der Waals surface area contributed by atoms with Crippen LogP contribution in [0.4, 0.5) is 5.69 Å². The quantitative estimate of drug-likeness (QED) is 0.470. The van der Waals surface area contributed by atoms with Crippen LogP contribution in [0, 0.1) is 11.3 Å². The Morgan fingerprint density at radius 2 is 1.93 bits per heavy atom. The Balaban J connectivity index is 1.53. The highest BCUT2D eigenvalue weighted by Crippen LogP contribution is 2.48. The van der Waals surface area contributed by atoms with Crippen molar-refractivity contribution in [2.24, 2.45) is 11.3 Å². The number of halogens is 1. The highest BCUT2D eigenvalue weighted by atomic mass is 35.5. The van der Waals surface area contributed by atoms with Crippen molar-refractivity contribution in [1.29, 1.82) is 0 Å². The molecule has 0 radical (unpaired) electrons. The molecule has 2 aliphatic carbocycles. The van der Waals surface area contributed by atoms with Crippen LogP contribution in [-0.4, -0.2) is 43.2 Å². The van der Waals surface area contributed by atoms with Crippen LogP contribution in [0.1, 0.15) is 55.3 Å². The molecule has 0 aromatic heterocycles. The van der Waals surface area contributed by atoms with E-state index < -0.39 is 5.97 Å². The minimum atomic E-state index is -0.882. The van der Waals surface area contributed by atoms with Gasteiger partial charge < -0.3 is 21.1 Å². The van der Waals surface area contributed by atoms with Gasteiger partial charge in [-0.25, -0.2) is 0 Å². The fourth-order valence-electron chi connectivity index (χ4n) is 4.73. The average Bonchev–Trinajstić information content (AvgIpc) is 2.67. The second kappa shape index (κ2) is 9.61. The summed E-state index contributed by atoms with van der Waals surface area (Å²) in [4.78, 5) is 23.3. The standard InChI is InChI=1S/C21H30ClN3O3/c22-18-6-5-16(24-10-9-23-13-19(26)27)11-17(18)20(28)25-14-21-7-1-3-15(12-21)4-2-8-21/h5-6,11,15,23-24H,1-4,7-10,12-14H2,(H,25,28)(H,26,27). The van der Waals surface area contributed by atoms with Gasteiger partial charge in [0, 0.05) is 25.3 Å². The average molecular weight is 408 g/mol. The summed E-state index contributed by atoms with van der Waals surface area (Å²) >= 11 is 6.27. The van der Waals surface area contributed by atoms with Gasteiger partial charge in [-0.3, -0.25) is 9.59 Å². The molecule has 1 amide bonds. The van der Waals surface area contributed by atoms with E-state index in [9.17, 15) is 9.59 Å². The smallest absolute Gasteiger partial charge is 0.317 e. The van der Waals surface area contributed by atoms with Crippen molar-refractivity contribution < 1.29 is 14.7 Å². The number of anilines is 1. The summed E-state index contributed by atoms with van der Waals surface area (Å²) in [6.07, 6.45) is 8.90. The van der Waals surface area contributed by atoms with Crippen molar-refractivity contribution in [3.8, 4) is 0 Å². The van der Waals surface area contributed by atoms with Gasteiger partial charge in [-0.15, -0.1) is 0 Å². The van der Waals surface area contributed by atoms with Crippen LogP contribution in [0.2, 0.25) is 5.02 Å². The molecule has 6 nitrogen and oxygen atoms in total. The van der Waals surface area contributed by atoms with Crippen molar-refractivity contribution in [3.05, 3.63) is 28.8 Å². The number of hydrogen-bond donors (Lipinski definition) is 4. The second-order valence-corrected chi connectivity index (χ2v) is 8.64. The molecule has 3 rings (SSSR count). The van der Waals surface area contributed by atoms with E-state index in [2.05, 4.69) is 16.0 Å². The fourth-order valence-corrected chi connectivity index (χ4v) is 4.94. The minimum Gasteiger partial charge on any atom is -0.480 e. The fraction of sp³-hybridized carbons (Fsp3) is 0.619. The molecule has 0 spiro atoms. The van der Waals surface area contributed by atoms with Gasteiger partial charge in [-0.2, -0.15) is 0 Å². The number of fused-ring (bicyclic) bond motifs is 2. The van der Waals surface area contributed by atoms with Gasteiger partial charge in [0.1, 0.15) is 0 Å². The number of aliphatic carboxylic acids is 1. The molecule has 1 aromatic rings. The zero-order valence-electron chi connectivity index (χ0n) is 16.2. The molecule has 1 aromatic carbocycles. The molecule has 2 aliphatic rings. The van der Waals surface area contributed by atoms with Gasteiger partial charge in [0.05, 0.1) is 17.1 Å². The maximum atomic E-state index is 12.8. The normalized spacial score (nSPS) is 23.8. The first-order valence-electron chi connectivity index (χ1n) is 10.2. The Morgan fingerprint density at radius 3 is 2.64 bits per heavy atom. The number of amides is 1. The van der Waals surface area contributed by atoms with Crippen molar-refractivity contribution >= 4 is 29.2 Å². The lowest BCUT2D eigenvalue weighted by atomic mass is 9.62. The van der Waals surface area contributed by atoms with Gasteiger partial charge in [0.25, 0.3) is 5.91 Å². The first-order chi connectivity index (χ1) is 13.5. The molecule has 0 atom stereocenters. The molecule has 4 N–H and O–H groups in total. The lowest BCUT2D eigenvalue weighted by molar-refractivity contribution is -0.135. The maximum Gasteiger partial charge on any atom is 0.317 e. The molecule has 0 saturated heterocycles. The first kappa shape index (κ1) is 20.9. The van der Waals surface area contributed by atoms with E-state index in [0.29, 0.717) is 23.7 Å². The Morgan fingerprint density at radius 1 is 1.18 bits per heavy atom. The second-order valence-electron chi connectivity index (χ2n) is 8.23. The number of nitrogens with one attached hydrogen (secondary N) is 3. The lowest BCUT2D eigenvalue weighted by Gasteiger charge is -2.45. The molecule has 0 heterocycles. The predicted molar refractivity (Wildman–Crippen MR) is 111 cm³/mol. The van der Waals surface area contributed by atoms with Gasteiger partial charge in [-0.1, -0.05) is 37.3 Å². The summed E-state index contributed by atoms with van der Waals surface area (Å²) in [6, 6.07) is 5.30. The summed E-state index contributed by atoms with van der Waals surface area (Å²) in [6.45, 7) is 1.73. The molecule has 28 heavy (non-hydrogen) atoms. The van der Waals surface area contributed by atoms with E-state index in [0.717, 1.165) is 18.2 Å². The summed E-state index contributed by atoms with van der Waals surface area (Å²) in [5.41, 5.74) is 1.54. The minimum absolute atomic E-state index is 0.0709. The molecule has 0 aliphatic heterocycles. The van der Waals surface area contributed by atoms with E-state index in [-0.39, 0.29) is 17.9 Å². The van der Waals surface area contributed by atoms with Crippen LogP contribution in [-0.2, 0) is 4.79 Å². The molecule has 2 saturated carbocycles. The highest BCUT2D eigenvalue weighted by molar-refractivity contribution is 6.34. The number of carbonyl (C=O) groups is 2. The van der Waals surface area contributed by atoms with Gasteiger partial charge >= 0.3 is 5.97 Å². The number of carboxylic acids is 1. The number of carboxylic acid groups (broad SMARTS) is 1. The number of carbonyl (C=O) groups excluding carboxylic acids is 1. The van der Waals surface area contributed by atoms with Crippen LogP contribution >= 0.6 is 11.6 Å². The predicted octanol–water partition coefficient (Wildman–Crippen LogP) is 3.52. The number of benzene rings is 1. The van der Waals surface area contributed by atoms with Gasteiger partial charge in [0.2, 0.25) is 0 Å². The number of hydrogen-bond acceptors (Lipinski definition) is 4. The zero-order valence-corrected chi connectivity index (χ0v) is 17.0. The molecule has 2 bridgehead atoms. The monoisotopic (exact) mass is 407 g/mol. The third kappa shape index (κ3) is 5.61. The van der Waals surface area contributed by atoms with E-state index in [1.54, 1.807) is 12.1 Å². The zero-order chi connectivity index (χ0) is 20.0. The van der Waals surface area contributed by atoms with Crippen molar-refractivity contribution in [2.45, 2.75) is 44.9 Å². The van der Waals surface area contributed by atoms with Crippen LogP contribution in [0.3, 0.4) is 0 Å². The maximum absolute atomic E-state index is 12.8. The van der Waals surface area contributed by atoms with Gasteiger partial charge in [-0.05, 0) is 48.8 Å². The topological polar surface area (TPSA) is 90.5 Å². The summed E-state index contributed by atoms with van der Waals surface area (Å²) < 4.78 is 0. The Kier molecular flexibility index (Phi) is 7.18. The van der Waals surface area contributed by atoms with Crippen molar-refractivity contribution in [1.82, 2.24) is 10.6 Å². The van der Waals surface area contributed by atoms with Crippen LogP contribution in [0.15, 0.2) is 18.2 Å². The molecular formula is C21H30ClN3O3. The summed E-state index contributed by atoms with van der Waals surface area (Å²) in [7, 11) is 0. The largest absolute Gasteiger partial charge is 0.480 e. The van der Waals surface area contributed by atoms with Crippen molar-refractivity contribution in [2.75, 3.05) is 31.5 Å². The van der Waals surface area contributed by atoms with Crippen LogP contribution < -0.4 is 16.0 Å². The van der Waals surface area contributed by atoms with E-state index in [4.69, 9.17) is 16.7 Å². The summed E-state index contributed by atoms with van der Waals surface area (Å²) in [5.74, 6) is -0.169. The Hall–Kier alpha value is -1.79. The van der Waals surface area contributed by atoms with E-state index >= 15 is 0 Å². The highest BCUT2D eigenvalue weighted by Gasteiger charge is 2.39. The van der Waals surface area contributed by atoms with E-state index in [1.807, 2.05) is 6.07 Å². The first-order valence-corrected chi connectivity index (χ1v) is 10.6. The van der Waals surface area contributed by atoms with Crippen molar-refractivity contribution in [3.63, 3.8) is 0 Å². The molecular weight excluding hydrogens is 378 g/mol. The van der Waals surface area contributed by atoms with Gasteiger partial charge in [0.15, 0.2) is 0 Å².